The van der Waals surface area contributed by atoms with Gasteiger partial charge in [0, 0.05) is 63.3 Å². The van der Waals surface area contributed by atoms with Gasteiger partial charge in [0.05, 0.1) is 10.7 Å². The lowest BCUT2D eigenvalue weighted by atomic mass is 9.93. The van der Waals surface area contributed by atoms with Gasteiger partial charge in [-0.1, -0.05) is 41.9 Å². The van der Waals surface area contributed by atoms with Crippen LogP contribution in [0.1, 0.15) is 5.56 Å². The van der Waals surface area contributed by atoms with Crippen LogP contribution in [0.3, 0.4) is 0 Å². The third-order valence-corrected chi connectivity index (χ3v) is 6.75. The second-order valence-corrected chi connectivity index (χ2v) is 9.17. The Kier molecular flexibility index (Phi) is 6.47. The van der Waals surface area contributed by atoms with Crippen molar-refractivity contribution in [3.8, 4) is 33.7 Å². The quantitative estimate of drug-likeness (QED) is 0.433. The van der Waals surface area contributed by atoms with Crippen molar-refractivity contribution in [1.82, 2.24) is 19.4 Å². The summed E-state index contributed by atoms with van der Waals surface area (Å²) >= 11 is 6.52. The molecule has 5 rings (SSSR count). The molecule has 0 bridgehead atoms. The van der Waals surface area contributed by atoms with Gasteiger partial charge in [0.15, 0.2) is 0 Å². The maximum absolute atomic E-state index is 14.9. The first-order valence-corrected chi connectivity index (χ1v) is 11.9. The summed E-state index contributed by atoms with van der Waals surface area (Å²) < 4.78 is 17.7. The Morgan fingerprint density at radius 2 is 1.74 bits per heavy atom. The van der Waals surface area contributed by atoms with E-state index in [9.17, 15) is 14.3 Å². The molecule has 6 nitrogen and oxygen atoms in total. The van der Waals surface area contributed by atoms with Crippen LogP contribution in [0, 0.1) is 5.82 Å². The molecule has 4 aromatic rings. The fraction of sp³-hybridized carbons (Fsp3) is 0.222. The zero-order valence-electron chi connectivity index (χ0n) is 19.3. The zero-order chi connectivity index (χ0) is 24.5. The van der Waals surface area contributed by atoms with Crippen LogP contribution in [0.2, 0.25) is 5.02 Å². The number of phenolic OH excluding ortho intramolecular Hbond substituents is 1. The first-order chi connectivity index (χ1) is 16.9. The Hall–Kier alpha value is -3.39. The van der Waals surface area contributed by atoms with Crippen LogP contribution in [0.25, 0.3) is 27.9 Å². The number of aromatic hydroxyl groups is 1. The van der Waals surface area contributed by atoms with Crippen LogP contribution in [0.5, 0.6) is 5.75 Å². The van der Waals surface area contributed by atoms with Gasteiger partial charge in [0.25, 0.3) is 0 Å². The molecule has 1 aliphatic rings. The van der Waals surface area contributed by atoms with E-state index in [0.29, 0.717) is 27.4 Å². The van der Waals surface area contributed by atoms with Gasteiger partial charge in [0.2, 0.25) is 0 Å². The molecule has 0 radical (unpaired) electrons. The predicted molar refractivity (Wildman–Crippen MR) is 137 cm³/mol. The van der Waals surface area contributed by atoms with Crippen molar-refractivity contribution in [2.24, 2.45) is 7.05 Å². The summed E-state index contributed by atoms with van der Waals surface area (Å²) in [6, 6.07) is 15.5. The van der Waals surface area contributed by atoms with E-state index in [1.165, 1.54) is 21.3 Å². The molecule has 8 heteroatoms. The Balaban J connectivity index is 1.55. The molecule has 2 N–H and O–H groups in total. The Morgan fingerprint density at radius 1 is 1.00 bits per heavy atom. The monoisotopic (exact) mass is 492 g/mol. The number of nitrogens with zero attached hydrogens (tertiary/aromatic N) is 3. The van der Waals surface area contributed by atoms with E-state index in [-0.39, 0.29) is 11.4 Å². The molecular weight excluding hydrogens is 467 g/mol. The SMILES string of the molecule is Cn1ccn(-c2ccc(-c3cc(F)cc(-c4ccccc4CN4CCNCC4)c3O)cc2Cl)c1=O. The summed E-state index contributed by atoms with van der Waals surface area (Å²) in [5, 5.41) is 15.0. The molecule has 3 aromatic carbocycles. The highest BCUT2D eigenvalue weighted by molar-refractivity contribution is 6.32. The second-order valence-electron chi connectivity index (χ2n) is 8.76. The number of aryl methyl sites for hydroxylation is 1. The van der Waals surface area contributed by atoms with Gasteiger partial charge in [-0.3, -0.25) is 9.47 Å². The summed E-state index contributed by atoms with van der Waals surface area (Å²) in [6.45, 7) is 4.45. The fourth-order valence-electron chi connectivity index (χ4n) is 4.57. The smallest absolute Gasteiger partial charge is 0.332 e. The van der Waals surface area contributed by atoms with E-state index in [0.717, 1.165) is 43.9 Å². The predicted octanol–water partition coefficient (Wildman–Crippen LogP) is 4.41. The van der Waals surface area contributed by atoms with Gasteiger partial charge in [-0.15, -0.1) is 0 Å². The summed E-state index contributed by atoms with van der Waals surface area (Å²) in [6.07, 6.45) is 3.28. The van der Waals surface area contributed by atoms with E-state index in [2.05, 4.69) is 10.2 Å². The number of hydrogen-bond donors (Lipinski definition) is 2. The highest BCUT2D eigenvalue weighted by Gasteiger charge is 2.19. The third-order valence-electron chi connectivity index (χ3n) is 6.45. The van der Waals surface area contributed by atoms with Gasteiger partial charge >= 0.3 is 5.69 Å². The van der Waals surface area contributed by atoms with Crippen molar-refractivity contribution >= 4 is 11.6 Å². The molecule has 2 heterocycles. The maximum atomic E-state index is 14.9. The van der Waals surface area contributed by atoms with Crippen molar-refractivity contribution in [3.05, 3.63) is 93.9 Å². The van der Waals surface area contributed by atoms with Crippen LogP contribution in [-0.2, 0) is 13.6 Å². The van der Waals surface area contributed by atoms with E-state index >= 15 is 0 Å². The first kappa shape index (κ1) is 23.4. The fourth-order valence-corrected chi connectivity index (χ4v) is 4.84. The lowest BCUT2D eigenvalue weighted by Gasteiger charge is -2.28. The van der Waals surface area contributed by atoms with Gasteiger partial charge in [0.1, 0.15) is 11.6 Å². The van der Waals surface area contributed by atoms with Crippen LogP contribution in [0.4, 0.5) is 4.39 Å². The van der Waals surface area contributed by atoms with Gasteiger partial charge in [-0.2, -0.15) is 0 Å². The molecule has 1 aromatic heterocycles. The number of halogens is 2. The lowest BCUT2D eigenvalue weighted by Crippen LogP contribution is -2.42. The second kappa shape index (κ2) is 9.70. The van der Waals surface area contributed by atoms with Gasteiger partial charge < -0.3 is 15.0 Å². The lowest BCUT2D eigenvalue weighted by molar-refractivity contribution is 0.233. The summed E-state index contributed by atoms with van der Waals surface area (Å²) in [5.41, 5.74) is 3.44. The summed E-state index contributed by atoms with van der Waals surface area (Å²) in [5.74, 6) is -0.468. The average Bonchev–Trinajstić information content (AvgIpc) is 3.19. The molecule has 0 atom stereocenters. The van der Waals surface area contributed by atoms with E-state index in [1.807, 2.05) is 24.3 Å². The highest BCUT2D eigenvalue weighted by Crippen LogP contribution is 2.41. The third kappa shape index (κ3) is 4.62. The number of piperazine rings is 1. The molecule has 0 saturated carbocycles. The normalized spacial score (nSPS) is 14.4. The van der Waals surface area contributed by atoms with Gasteiger partial charge in [-0.25, -0.2) is 9.18 Å². The van der Waals surface area contributed by atoms with Crippen LogP contribution >= 0.6 is 11.6 Å². The van der Waals surface area contributed by atoms with Gasteiger partial charge in [-0.05, 0) is 41.0 Å². The van der Waals surface area contributed by atoms with Crippen molar-refractivity contribution < 1.29 is 9.50 Å². The minimum absolute atomic E-state index is 0.0140. The van der Waals surface area contributed by atoms with Crippen LogP contribution < -0.4 is 11.0 Å². The Morgan fingerprint density at radius 3 is 2.46 bits per heavy atom. The molecule has 0 aliphatic carbocycles. The number of benzene rings is 3. The molecular formula is C27H26ClFN4O2. The number of nitrogens with one attached hydrogen (secondary N) is 1. The summed E-state index contributed by atoms with van der Waals surface area (Å²) in [7, 11) is 1.66. The molecule has 1 saturated heterocycles. The molecule has 0 unspecified atom stereocenters. The number of rotatable bonds is 5. The van der Waals surface area contributed by atoms with Crippen LogP contribution in [-0.4, -0.2) is 45.3 Å². The molecule has 1 fully saturated rings. The minimum Gasteiger partial charge on any atom is -0.507 e. The Bertz CT molecular complexity index is 1440. The number of hydrogen-bond acceptors (Lipinski definition) is 4. The first-order valence-electron chi connectivity index (χ1n) is 11.5. The number of imidazole rings is 1. The Labute approximate surface area is 207 Å². The molecule has 1 aliphatic heterocycles. The van der Waals surface area contributed by atoms with Crippen molar-refractivity contribution in [1.29, 1.82) is 0 Å². The molecule has 180 valence electrons. The molecule has 0 amide bonds. The maximum Gasteiger partial charge on any atom is 0.332 e. The minimum atomic E-state index is -0.454. The standard InChI is InChI=1S/C27H26ClFN4O2/c1-31-12-13-33(27(31)35)25-7-6-18(14-24(25)28)22-15-20(29)16-23(26(22)34)21-5-3-2-4-19(21)17-32-10-8-30-9-11-32/h2-7,12-16,30,34H,8-11,17H2,1H3. The average molecular weight is 493 g/mol. The van der Waals surface area contributed by atoms with Crippen molar-refractivity contribution in [2.45, 2.75) is 6.54 Å². The van der Waals surface area contributed by atoms with E-state index < -0.39 is 5.82 Å². The largest absolute Gasteiger partial charge is 0.507 e. The topological polar surface area (TPSA) is 62.4 Å². The van der Waals surface area contributed by atoms with E-state index in [4.69, 9.17) is 11.6 Å². The molecule has 35 heavy (non-hydrogen) atoms. The molecule has 0 spiro atoms. The number of phenols is 1. The van der Waals surface area contributed by atoms with Crippen molar-refractivity contribution in [3.63, 3.8) is 0 Å². The van der Waals surface area contributed by atoms with Crippen molar-refractivity contribution in [2.75, 3.05) is 26.2 Å². The number of aromatic nitrogens is 2. The summed E-state index contributed by atoms with van der Waals surface area (Å²) in [4.78, 5) is 14.7. The van der Waals surface area contributed by atoms with E-state index in [1.54, 1.807) is 37.6 Å². The van der Waals surface area contributed by atoms with Crippen LogP contribution in [0.15, 0.2) is 71.8 Å². The highest BCUT2D eigenvalue weighted by atomic mass is 35.5. The zero-order valence-corrected chi connectivity index (χ0v) is 20.1.